The summed E-state index contributed by atoms with van der Waals surface area (Å²) in [4.78, 5) is 0. The Morgan fingerprint density at radius 3 is 2.42 bits per heavy atom. The first kappa shape index (κ1) is 14.2. The third-order valence-electron chi connectivity index (χ3n) is 3.26. The number of hydrogen-bond acceptors (Lipinski definition) is 0. The molecule has 0 aliphatic heterocycles. The van der Waals surface area contributed by atoms with E-state index >= 15 is 0 Å². The summed E-state index contributed by atoms with van der Waals surface area (Å²) >= 11 is 0. The topological polar surface area (TPSA) is 0 Å². The Labute approximate surface area is 118 Å². The Balaban J connectivity index is 2.52. The summed E-state index contributed by atoms with van der Waals surface area (Å²) in [5.74, 6) is 0. The zero-order valence-electron chi connectivity index (χ0n) is 12.3. The van der Waals surface area contributed by atoms with Crippen LogP contribution in [0.25, 0.3) is 0 Å². The largest absolute Gasteiger partial charge is 0.172 e. The monoisotopic (exact) mass is 269 g/mol. The fourth-order valence-electron chi connectivity index (χ4n) is 2.40. The molecule has 1 heteroatoms. The van der Waals surface area contributed by atoms with Gasteiger partial charge in [-0.25, -0.2) is 0 Å². The molecule has 1 unspecified atom stereocenters. The highest BCUT2D eigenvalue weighted by Crippen LogP contribution is 2.58. The minimum absolute atomic E-state index is 0.231. The van der Waals surface area contributed by atoms with Gasteiger partial charge in [-0.2, -0.15) is 24.6 Å². The van der Waals surface area contributed by atoms with Crippen molar-refractivity contribution in [1.29, 1.82) is 0 Å². The fraction of sp³-hybridized carbons (Fsp3) is 0.278. The van der Waals surface area contributed by atoms with Gasteiger partial charge in [-0.3, -0.25) is 0 Å². The zero-order valence-corrected chi connectivity index (χ0v) is 13.2. The van der Waals surface area contributed by atoms with Crippen LogP contribution in [0.5, 0.6) is 0 Å². The van der Waals surface area contributed by atoms with E-state index in [4.69, 9.17) is 0 Å². The van der Waals surface area contributed by atoms with Crippen LogP contribution >= 0.6 is 7.92 Å². The molecule has 0 bridgehead atoms. The number of allylic oxidation sites excluding steroid dienone is 5. The van der Waals surface area contributed by atoms with E-state index in [9.17, 15) is 0 Å². The van der Waals surface area contributed by atoms with Gasteiger partial charge < -0.3 is 0 Å². The van der Waals surface area contributed by atoms with Crippen LogP contribution in [0.4, 0.5) is 0 Å². The second-order valence-electron chi connectivity index (χ2n) is 5.92. The van der Waals surface area contributed by atoms with Crippen LogP contribution < -0.4 is 5.30 Å². The Morgan fingerprint density at radius 2 is 1.84 bits per heavy atom. The van der Waals surface area contributed by atoms with Crippen molar-refractivity contribution in [3.63, 3.8) is 0 Å². The highest BCUT2D eigenvalue weighted by atomic mass is 31.1. The van der Waals surface area contributed by atoms with Crippen LogP contribution in [0.1, 0.15) is 26.3 Å². The third kappa shape index (κ3) is 3.01. The smallest absolute Gasteiger partial charge is 0.0204 e. The van der Waals surface area contributed by atoms with E-state index in [0.29, 0.717) is 0 Å². The molecule has 100 valence electrons. The summed E-state index contributed by atoms with van der Waals surface area (Å²) in [5, 5.41) is 3.11. The molecule has 0 aromatic heterocycles. The van der Waals surface area contributed by atoms with Crippen molar-refractivity contribution in [2.45, 2.75) is 32.9 Å². The molecule has 1 aromatic rings. The van der Waals surface area contributed by atoms with Crippen LogP contribution in [0, 0.1) is 13.3 Å². The molecule has 0 spiro atoms. The van der Waals surface area contributed by atoms with Gasteiger partial charge in [0.25, 0.3) is 0 Å². The van der Waals surface area contributed by atoms with Crippen molar-refractivity contribution in [2.24, 2.45) is 0 Å². The van der Waals surface area contributed by atoms with Crippen LogP contribution in [-0.4, -0.2) is 5.16 Å². The van der Waals surface area contributed by atoms with Crippen LogP contribution in [-0.2, 0) is 0 Å². The second-order valence-corrected chi connectivity index (χ2v) is 8.90. The summed E-state index contributed by atoms with van der Waals surface area (Å²) in [5.41, 5.74) is 2.54. The minimum Gasteiger partial charge on any atom is -0.172 e. The molecule has 2 rings (SSSR count). The zero-order chi connectivity index (χ0) is 14.0. The molecule has 1 aromatic carbocycles. The molecule has 1 aliphatic carbocycles. The molecule has 0 amide bonds. The average molecular weight is 269 g/mol. The Hall–Kier alpha value is -1.26. The quantitative estimate of drug-likeness (QED) is 0.516. The molecule has 19 heavy (non-hydrogen) atoms. The Kier molecular flexibility index (Phi) is 4.02. The van der Waals surface area contributed by atoms with Crippen molar-refractivity contribution in [3.05, 3.63) is 71.9 Å². The molecule has 1 atom stereocenters. The third-order valence-corrected chi connectivity index (χ3v) is 6.50. The Morgan fingerprint density at radius 1 is 1.16 bits per heavy atom. The summed E-state index contributed by atoms with van der Waals surface area (Å²) < 4.78 is 0. The SMILES string of the molecule is C=C1C=C[CH-]C=C1P(c1ccccc1C)C(C)(C)C. The van der Waals surface area contributed by atoms with Gasteiger partial charge in [-0.15, -0.1) is 17.5 Å². The number of rotatable bonds is 2. The van der Waals surface area contributed by atoms with Crippen LogP contribution in [0.15, 0.2) is 60.0 Å². The van der Waals surface area contributed by atoms with Gasteiger partial charge in [0, 0.05) is 0 Å². The van der Waals surface area contributed by atoms with Gasteiger partial charge >= 0.3 is 0 Å². The first-order valence-electron chi connectivity index (χ1n) is 6.68. The lowest BCUT2D eigenvalue weighted by atomic mass is 10.1. The molecule has 0 saturated heterocycles. The maximum absolute atomic E-state index is 4.23. The summed E-state index contributed by atoms with van der Waals surface area (Å²) in [6, 6.07) is 8.75. The molecule has 0 heterocycles. The first-order chi connectivity index (χ1) is 8.91. The van der Waals surface area contributed by atoms with E-state index in [2.05, 4.69) is 83.2 Å². The molecule has 0 fully saturated rings. The molecular weight excluding hydrogens is 247 g/mol. The maximum Gasteiger partial charge on any atom is -0.0204 e. The van der Waals surface area contributed by atoms with Gasteiger partial charge in [-0.1, -0.05) is 53.0 Å². The normalized spacial score (nSPS) is 16.8. The molecule has 0 N–H and O–H groups in total. The van der Waals surface area contributed by atoms with Gasteiger partial charge in [0.2, 0.25) is 0 Å². The van der Waals surface area contributed by atoms with Crippen molar-refractivity contribution in [2.75, 3.05) is 0 Å². The van der Waals surface area contributed by atoms with Gasteiger partial charge in [-0.05, 0) is 22.9 Å². The highest BCUT2D eigenvalue weighted by Gasteiger charge is 2.27. The van der Waals surface area contributed by atoms with E-state index in [1.165, 1.54) is 16.2 Å². The lowest BCUT2D eigenvalue weighted by molar-refractivity contribution is 0.791. The van der Waals surface area contributed by atoms with Crippen molar-refractivity contribution in [1.82, 2.24) is 0 Å². The van der Waals surface area contributed by atoms with Crippen molar-refractivity contribution < 1.29 is 0 Å². The maximum atomic E-state index is 4.23. The average Bonchev–Trinajstić information content (AvgIpc) is 2.33. The molecule has 1 aliphatic rings. The molecular formula is C18H22P-. The first-order valence-corrected chi connectivity index (χ1v) is 8.02. The number of benzene rings is 1. The summed E-state index contributed by atoms with van der Waals surface area (Å²) in [6.07, 6.45) is 8.56. The van der Waals surface area contributed by atoms with E-state index in [0.717, 1.165) is 5.57 Å². The van der Waals surface area contributed by atoms with Gasteiger partial charge in [0.1, 0.15) is 0 Å². The van der Waals surface area contributed by atoms with Crippen molar-refractivity contribution >= 4 is 13.2 Å². The predicted molar refractivity (Wildman–Crippen MR) is 88.1 cm³/mol. The standard InChI is InChI=1S/C18H22P/c1-14-10-6-8-12-16(14)19(18(3,4)5)17-13-9-7-11-15(17)2/h6-13H,1H2,2-5H3/q-1. The Bertz CT molecular complexity index is 541. The van der Waals surface area contributed by atoms with E-state index < -0.39 is 7.92 Å². The van der Waals surface area contributed by atoms with Crippen LogP contribution in [0.2, 0.25) is 0 Å². The molecule has 0 radical (unpaired) electrons. The predicted octanol–water partition coefficient (Wildman–Crippen LogP) is 5.11. The van der Waals surface area contributed by atoms with E-state index in [-0.39, 0.29) is 5.16 Å². The van der Waals surface area contributed by atoms with Crippen LogP contribution in [0.3, 0.4) is 0 Å². The summed E-state index contributed by atoms with van der Waals surface area (Å²) in [6.45, 7) is 13.4. The van der Waals surface area contributed by atoms with E-state index in [1.807, 2.05) is 0 Å². The lowest BCUT2D eigenvalue weighted by Gasteiger charge is -2.40. The second kappa shape index (κ2) is 5.39. The highest BCUT2D eigenvalue weighted by molar-refractivity contribution is 7.71. The fourth-order valence-corrected chi connectivity index (χ4v) is 5.36. The molecule has 0 nitrogen and oxygen atoms in total. The van der Waals surface area contributed by atoms with Gasteiger partial charge in [0.05, 0.1) is 0 Å². The molecule has 0 saturated carbocycles. The van der Waals surface area contributed by atoms with Crippen molar-refractivity contribution in [3.8, 4) is 0 Å². The lowest BCUT2D eigenvalue weighted by Crippen LogP contribution is -2.22. The number of aryl methyl sites for hydroxylation is 1. The van der Waals surface area contributed by atoms with E-state index in [1.54, 1.807) is 0 Å². The minimum atomic E-state index is -0.396. The number of hydrogen-bond donors (Lipinski definition) is 0. The summed E-state index contributed by atoms with van der Waals surface area (Å²) in [7, 11) is -0.396. The van der Waals surface area contributed by atoms with Gasteiger partial charge in [0.15, 0.2) is 0 Å².